The van der Waals surface area contributed by atoms with Crippen LogP contribution in [0.3, 0.4) is 0 Å². The highest BCUT2D eigenvalue weighted by atomic mass is 35.5. The molecule has 2 rings (SSSR count). The predicted molar refractivity (Wildman–Crippen MR) is 136 cm³/mol. The maximum Gasteiger partial charge on any atom is 0.224 e. The van der Waals surface area contributed by atoms with E-state index in [0.717, 1.165) is 61.0 Å². The van der Waals surface area contributed by atoms with Crippen molar-refractivity contribution in [3.05, 3.63) is 57.6 Å². The number of amides is 2. The van der Waals surface area contributed by atoms with Crippen LogP contribution >= 0.6 is 23.2 Å². The average Bonchev–Trinajstić information content (AvgIpc) is 2.76. The smallest absolute Gasteiger partial charge is 0.224 e. The van der Waals surface area contributed by atoms with Crippen molar-refractivity contribution in [2.45, 2.75) is 78.1 Å². The topological polar surface area (TPSA) is 58.2 Å². The van der Waals surface area contributed by atoms with Crippen LogP contribution in [0.2, 0.25) is 10.0 Å². The van der Waals surface area contributed by atoms with Crippen LogP contribution < -0.4 is 10.6 Å². The molecule has 0 fully saturated rings. The van der Waals surface area contributed by atoms with E-state index in [0.29, 0.717) is 22.9 Å². The number of rotatable bonds is 13. The lowest BCUT2D eigenvalue weighted by molar-refractivity contribution is -0.117. The first-order valence-electron chi connectivity index (χ1n) is 11.5. The van der Waals surface area contributed by atoms with E-state index in [4.69, 9.17) is 23.2 Å². The molecule has 32 heavy (non-hydrogen) atoms. The zero-order valence-electron chi connectivity index (χ0n) is 19.1. The van der Waals surface area contributed by atoms with E-state index in [9.17, 15) is 9.59 Å². The van der Waals surface area contributed by atoms with E-state index in [-0.39, 0.29) is 11.8 Å². The fourth-order valence-corrected chi connectivity index (χ4v) is 3.89. The van der Waals surface area contributed by atoms with Gasteiger partial charge in [0, 0.05) is 34.3 Å². The molecular weight excluding hydrogens is 443 g/mol. The lowest BCUT2D eigenvalue weighted by Gasteiger charge is -2.09. The van der Waals surface area contributed by atoms with Crippen LogP contribution in [0, 0.1) is 13.8 Å². The minimum Gasteiger partial charge on any atom is -0.326 e. The quantitative estimate of drug-likeness (QED) is 0.287. The Labute approximate surface area is 202 Å². The zero-order valence-corrected chi connectivity index (χ0v) is 20.6. The third kappa shape index (κ3) is 9.22. The maximum absolute atomic E-state index is 12.1. The highest BCUT2D eigenvalue weighted by molar-refractivity contribution is 6.32. The first-order valence-corrected chi connectivity index (χ1v) is 12.2. The van der Waals surface area contributed by atoms with E-state index in [1.54, 1.807) is 0 Å². The molecule has 0 aliphatic heterocycles. The van der Waals surface area contributed by atoms with Gasteiger partial charge in [-0.1, -0.05) is 73.9 Å². The summed E-state index contributed by atoms with van der Waals surface area (Å²) in [7, 11) is 0. The monoisotopic (exact) mass is 476 g/mol. The van der Waals surface area contributed by atoms with Crippen LogP contribution in [0.4, 0.5) is 11.4 Å². The number of halogens is 2. The van der Waals surface area contributed by atoms with Crippen molar-refractivity contribution in [1.82, 2.24) is 0 Å². The van der Waals surface area contributed by atoms with Crippen molar-refractivity contribution in [2.24, 2.45) is 0 Å². The largest absolute Gasteiger partial charge is 0.326 e. The Hall–Kier alpha value is -2.04. The van der Waals surface area contributed by atoms with Crippen molar-refractivity contribution < 1.29 is 9.59 Å². The third-order valence-corrected chi connectivity index (χ3v) is 6.46. The van der Waals surface area contributed by atoms with Gasteiger partial charge in [-0.05, 0) is 62.1 Å². The standard InChI is InChI=1S/C26H34Cl2N2O2/c1-19-21(27)13-11-15-23(19)29-25(31)17-9-7-5-3-4-6-8-10-18-26(32)30-24-16-12-14-22(28)20(24)2/h11-16H,3-10,17-18H2,1-2H3,(H,29,31)(H,30,32). The number of nitrogens with one attached hydrogen (secondary N) is 2. The van der Waals surface area contributed by atoms with Gasteiger partial charge in [0.15, 0.2) is 0 Å². The molecule has 0 spiro atoms. The van der Waals surface area contributed by atoms with Gasteiger partial charge in [0.2, 0.25) is 11.8 Å². The van der Waals surface area contributed by atoms with E-state index in [1.807, 2.05) is 50.2 Å². The molecule has 0 bridgehead atoms. The fraction of sp³-hybridized carbons (Fsp3) is 0.462. The normalized spacial score (nSPS) is 10.8. The summed E-state index contributed by atoms with van der Waals surface area (Å²) in [5.74, 6) is 0.0863. The Balaban J connectivity index is 1.46. The summed E-state index contributed by atoms with van der Waals surface area (Å²) < 4.78 is 0. The molecule has 0 aromatic heterocycles. The van der Waals surface area contributed by atoms with Gasteiger partial charge in [0.05, 0.1) is 0 Å². The lowest BCUT2D eigenvalue weighted by Crippen LogP contribution is -2.12. The molecule has 0 aliphatic rings. The Morgan fingerprint density at radius 1 is 0.625 bits per heavy atom. The Morgan fingerprint density at radius 2 is 0.969 bits per heavy atom. The SMILES string of the molecule is Cc1c(Cl)cccc1NC(=O)CCCCCCCCCCC(=O)Nc1cccc(Cl)c1C. The first kappa shape index (κ1) is 26.2. The average molecular weight is 477 g/mol. The number of carbonyl (C=O) groups is 2. The molecule has 0 atom stereocenters. The first-order chi connectivity index (χ1) is 15.4. The van der Waals surface area contributed by atoms with Gasteiger partial charge < -0.3 is 10.6 Å². The Morgan fingerprint density at radius 3 is 1.34 bits per heavy atom. The van der Waals surface area contributed by atoms with Crippen LogP contribution in [0.5, 0.6) is 0 Å². The van der Waals surface area contributed by atoms with E-state index < -0.39 is 0 Å². The fourth-order valence-electron chi connectivity index (χ4n) is 3.54. The highest BCUT2D eigenvalue weighted by Gasteiger charge is 2.08. The number of anilines is 2. The Bertz CT molecular complexity index is 826. The van der Waals surface area contributed by atoms with Crippen LogP contribution in [-0.2, 0) is 9.59 Å². The van der Waals surface area contributed by atoms with Crippen LogP contribution in [0.1, 0.15) is 75.3 Å². The van der Waals surface area contributed by atoms with Crippen molar-refractivity contribution in [1.29, 1.82) is 0 Å². The second kappa shape index (κ2) is 14.2. The molecule has 0 saturated carbocycles. The molecule has 0 aliphatic carbocycles. The lowest BCUT2D eigenvalue weighted by atomic mass is 10.1. The molecule has 2 aromatic carbocycles. The van der Waals surface area contributed by atoms with Gasteiger partial charge in [0.1, 0.15) is 0 Å². The summed E-state index contributed by atoms with van der Waals surface area (Å²) in [6, 6.07) is 11.1. The minimum atomic E-state index is 0.0432. The van der Waals surface area contributed by atoms with Gasteiger partial charge in [-0.25, -0.2) is 0 Å². The van der Waals surface area contributed by atoms with Gasteiger partial charge in [0.25, 0.3) is 0 Å². The van der Waals surface area contributed by atoms with E-state index in [1.165, 1.54) is 12.8 Å². The number of unbranched alkanes of at least 4 members (excludes halogenated alkanes) is 7. The molecule has 0 unspecified atom stereocenters. The maximum atomic E-state index is 12.1. The second-order valence-electron chi connectivity index (χ2n) is 8.25. The summed E-state index contributed by atoms with van der Waals surface area (Å²) in [4.78, 5) is 24.2. The van der Waals surface area contributed by atoms with Crippen LogP contribution in [0.25, 0.3) is 0 Å². The zero-order chi connectivity index (χ0) is 23.3. The summed E-state index contributed by atoms with van der Waals surface area (Å²) in [6.45, 7) is 3.81. The highest BCUT2D eigenvalue weighted by Crippen LogP contribution is 2.24. The molecule has 2 N–H and O–H groups in total. The summed E-state index contributed by atoms with van der Waals surface area (Å²) in [5, 5.41) is 7.22. The van der Waals surface area contributed by atoms with E-state index >= 15 is 0 Å². The molecule has 4 nitrogen and oxygen atoms in total. The molecule has 0 saturated heterocycles. The number of benzene rings is 2. The second-order valence-corrected chi connectivity index (χ2v) is 9.06. The van der Waals surface area contributed by atoms with Gasteiger partial charge in [-0.15, -0.1) is 0 Å². The molecule has 0 heterocycles. The molecule has 2 amide bonds. The third-order valence-electron chi connectivity index (χ3n) is 5.64. The van der Waals surface area contributed by atoms with E-state index in [2.05, 4.69) is 10.6 Å². The number of carbonyl (C=O) groups excluding carboxylic acids is 2. The van der Waals surface area contributed by atoms with Gasteiger partial charge in [-0.2, -0.15) is 0 Å². The number of hydrogen-bond acceptors (Lipinski definition) is 2. The molecular formula is C26H34Cl2N2O2. The van der Waals surface area contributed by atoms with Crippen molar-refractivity contribution in [3.63, 3.8) is 0 Å². The molecule has 6 heteroatoms. The van der Waals surface area contributed by atoms with Crippen molar-refractivity contribution in [2.75, 3.05) is 10.6 Å². The van der Waals surface area contributed by atoms with Crippen molar-refractivity contribution >= 4 is 46.4 Å². The van der Waals surface area contributed by atoms with Crippen molar-refractivity contribution in [3.8, 4) is 0 Å². The molecule has 0 radical (unpaired) electrons. The summed E-state index contributed by atoms with van der Waals surface area (Å²) >= 11 is 12.2. The summed E-state index contributed by atoms with van der Waals surface area (Å²) in [5.41, 5.74) is 3.39. The minimum absolute atomic E-state index is 0.0432. The van der Waals surface area contributed by atoms with Gasteiger partial charge >= 0.3 is 0 Å². The predicted octanol–water partition coefficient (Wildman–Crippen LogP) is 8.09. The van der Waals surface area contributed by atoms with Gasteiger partial charge in [-0.3, -0.25) is 9.59 Å². The molecule has 2 aromatic rings. The Kier molecular flexibility index (Phi) is 11.6. The summed E-state index contributed by atoms with van der Waals surface area (Å²) in [6.07, 6.45) is 9.60. The molecule has 174 valence electrons. The number of hydrogen-bond donors (Lipinski definition) is 2. The van der Waals surface area contributed by atoms with Crippen LogP contribution in [-0.4, -0.2) is 11.8 Å². The van der Waals surface area contributed by atoms with Crippen LogP contribution in [0.15, 0.2) is 36.4 Å².